The van der Waals surface area contributed by atoms with Crippen molar-refractivity contribution in [2.75, 3.05) is 7.11 Å². The maximum absolute atomic E-state index is 5.31. The van der Waals surface area contributed by atoms with Crippen LogP contribution >= 0.6 is 9.21 Å². The summed E-state index contributed by atoms with van der Waals surface area (Å²) >= 11 is 0. The van der Waals surface area contributed by atoms with Gasteiger partial charge in [-0.2, -0.15) is 9.21 Å². The Kier molecular flexibility index (Phi) is 6.72. The standard InChI is InChI=1S/C32H34OS/c1-24-7-19-30(20-8-24)34(5,6)31-21-11-26(12-22-31)23-25-9-13-27(14-10-25)32(2,3)28-15-17-29(33-4)18-16-28/h7-22H,5-6,23H2,1-4H3. The van der Waals surface area contributed by atoms with Gasteiger partial charge < -0.3 is 4.74 Å². The summed E-state index contributed by atoms with van der Waals surface area (Å²) in [5.74, 6) is 9.86. The van der Waals surface area contributed by atoms with E-state index in [4.69, 9.17) is 4.74 Å². The topological polar surface area (TPSA) is 9.23 Å². The Morgan fingerprint density at radius 3 is 1.53 bits per heavy atom. The lowest BCUT2D eigenvalue weighted by Gasteiger charge is -2.26. The Hall–Kier alpha value is -3.23. The van der Waals surface area contributed by atoms with Gasteiger partial charge in [0, 0.05) is 15.2 Å². The van der Waals surface area contributed by atoms with E-state index in [1.807, 2.05) is 12.1 Å². The summed E-state index contributed by atoms with van der Waals surface area (Å²) in [4.78, 5) is 2.41. The number of benzene rings is 4. The van der Waals surface area contributed by atoms with Crippen LogP contribution in [-0.4, -0.2) is 18.9 Å². The van der Waals surface area contributed by atoms with E-state index in [1.54, 1.807) is 7.11 Å². The molecule has 2 heteroatoms. The van der Waals surface area contributed by atoms with Gasteiger partial charge >= 0.3 is 0 Å². The summed E-state index contributed by atoms with van der Waals surface area (Å²) in [5.41, 5.74) is 6.37. The maximum Gasteiger partial charge on any atom is 0.118 e. The molecule has 4 aromatic carbocycles. The maximum atomic E-state index is 5.31. The van der Waals surface area contributed by atoms with Gasteiger partial charge in [-0.1, -0.05) is 91.8 Å². The molecule has 0 amide bonds. The number of rotatable bonds is 7. The van der Waals surface area contributed by atoms with Gasteiger partial charge in [0.05, 0.1) is 7.11 Å². The summed E-state index contributed by atoms with van der Waals surface area (Å²) in [6.07, 6.45) is 0.907. The van der Waals surface area contributed by atoms with Crippen molar-refractivity contribution >= 4 is 20.9 Å². The van der Waals surface area contributed by atoms with E-state index in [2.05, 4.69) is 117 Å². The van der Waals surface area contributed by atoms with Crippen LogP contribution in [0.4, 0.5) is 0 Å². The van der Waals surface area contributed by atoms with Gasteiger partial charge in [0.15, 0.2) is 0 Å². The highest BCUT2D eigenvalue weighted by atomic mass is 32.2. The first-order valence-electron chi connectivity index (χ1n) is 11.6. The van der Waals surface area contributed by atoms with Crippen LogP contribution in [-0.2, 0) is 11.8 Å². The second kappa shape index (κ2) is 9.56. The third-order valence-electron chi connectivity index (χ3n) is 6.74. The van der Waals surface area contributed by atoms with E-state index in [9.17, 15) is 0 Å². The number of methoxy groups -OCH3 is 1. The Balaban J connectivity index is 1.48. The monoisotopic (exact) mass is 466 g/mol. The average Bonchev–Trinajstić information content (AvgIpc) is 2.85. The lowest BCUT2D eigenvalue weighted by Crippen LogP contribution is -2.18. The van der Waals surface area contributed by atoms with Crippen LogP contribution in [0.2, 0.25) is 0 Å². The van der Waals surface area contributed by atoms with Gasteiger partial charge in [-0.25, -0.2) is 0 Å². The summed E-state index contributed by atoms with van der Waals surface area (Å²) in [5, 5.41) is 0. The fourth-order valence-corrected chi connectivity index (χ4v) is 5.84. The molecule has 34 heavy (non-hydrogen) atoms. The Morgan fingerprint density at radius 1 is 0.647 bits per heavy atom. The van der Waals surface area contributed by atoms with Gasteiger partial charge in [-0.15, -0.1) is 0 Å². The van der Waals surface area contributed by atoms with Crippen molar-refractivity contribution in [1.29, 1.82) is 0 Å². The molecular formula is C32H34OS. The molecular weight excluding hydrogens is 432 g/mol. The van der Waals surface area contributed by atoms with Crippen LogP contribution in [0.1, 0.15) is 41.7 Å². The predicted molar refractivity (Wildman–Crippen MR) is 150 cm³/mol. The normalized spacial score (nSPS) is 11.9. The molecule has 0 aliphatic heterocycles. The Morgan fingerprint density at radius 2 is 1.06 bits per heavy atom. The van der Waals surface area contributed by atoms with Crippen LogP contribution in [0.3, 0.4) is 0 Å². The van der Waals surface area contributed by atoms with Gasteiger partial charge in [-0.3, -0.25) is 0 Å². The molecule has 0 saturated carbocycles. The smallest absolute Gasteiger partial charge is 0.118 e. The number of aryl methyl sites for hydroxylation is 1. The van der Waals surface area contributed by atoms with Crippen molar-refractivity contribution in [1.82, 2.24) is 0 Å². The first-order valence-corrected chi connectivity index (χ1v) is 13.6. The number of hydrogen-bond donors (Lipinski definition) is 0. The molecule has 0 saturated heterocycles. The van der Waals surface area contributed by atoms with Gasteiger partial charge in [0.1, 0.15) is 5.75 Å². The number of ether oxygens (including phenoxy) is 1. The van der Waals surface area contributed by atoms with E-state index < -0.39 is 9.21 Å². The van der Waals surface area contributed by atoms with Crippen molar-refractivity contribution in [2.45, 2.75) is 42.4 Å². The molecule has 0 aliphatic carbocycles. The third kappa shape index (κ3) is 4.98. The lowest BCUT2D eigenvalue weighted by atomic mass is 9.78. The molecule has 0 heterocycles. The van der Waals surface area contributed by atoms with E-state index in [-0.39, 0.29) is 5.41 Å². The Labute approximate surface area is 205 Å². The SMILES string of the molecule is C=S(=C)(c1ccc(C)cc1)c1ccc(Cc2ccc(C(C)(C)c3ccc(OC)cc3)cc2)cc1. The van der Waals surface area contributed by atoms with Gasteiger partial charge in [0.2, 0.25) is 0 Å². The first kappa shape index (κ1) is 23.9. The van der Waals surface area contributed by atoms with Crippen LogP contribution in [0, 0.1) is 6.92 Å². The summed E-state index contributed by atoms with van der Waals surface area (Å²) in [7, 11) is 0.195. The average molecular weight is 467 g/mol. The highest BCUT2D eigenvalue weighted by molar-refractivity contribution is 8.27. The van der Waals surface area contributed by atoms with Crippen molar-refractivity contribution in [3.05, 3.63) is 125 Å². The summed E-state index contributed by atoms with van der Waals surface area (Å²) in [6, 6.07) is 34.8. The molecule has 0 radical (unpaired) electrons. The minimum atomic E-state index is -1.51. The van der Waals surface area contributed by atoms with Crippen molar-refractivity contribution in [3.8, 4) is 5.75 Å². The molecule has 0 aromatic heterocycles. The largest absolute Gasteiger partial charge is 0.497 e. The Bertz CT molecular complexity index is 1340. The molecule has 4 rings (SSSR count). The highest BCUT2D eigenvalue weighted by Gasteiger charge is 2.23. The van der Waals surface area contributed by atoms with E-state index >= 15 is 0 Å². The molecule has 0 aliphatic rings. The molecule has 0 bridgehead atoms. The zero-order valence-electron chi connectivity index (χ0n) is 20.7. The van der Waals surface area contributed by atoms with Crippen molar-refractivity contribution in [2.24, 2.45) is 0 Å². The zero-order valence-corrected chi connectivity index (χ0v) is 21.5. The first-order chi connectivity index (χ1) is 16.2. The molecule has 0 unspecified atom stereocenters. The predicted octanol–water partition coefficient (Wildman–Crippen LogP) is 8.01. The van der Waals surface area contributed by atoms with Crippen molar-refractivity contribution in [3.63, 3.8) is 0 Å². The molecule has 0 atom stereocenters. The third-order valence-corrected chi connectivity index (χ3v) is 9.09. The molecule has 0 N–H and O–H groups in total. The second-order valence-electron chi connectivity index (χ2n) is 9.57. The molecule has 0 fully saturated rings. The lowest BCUT2D eigenvalue weighted by molar-refractivity contribution is 0.414. The summed E-state index contributed by atoms with van der Waals surface area (Å²) in [6.45, 7) is 6.64. The van der Waals surface area contributed by atoms with Crippen molar-refractivity contribution < 1.29 is 4.74 Å². The molecule has 174 valence electrons. The zero-order chi connectivity index (χ0) is 24.3. The van der Waals surface area contributed by atoms with Gasteiger partial charge in [-0.05, 0) is 72.0 Å². The second-order valence-corrected chi connectivity index (χ2v) is 12.3. The fraction of sp³-hybridized carbons (Fsp3) is 0.188. The van der Waals surface area contributed by atoms with Crippen LogP contribution < -0.4 is 4.74 Å². The van der Waals surface area contributed by atoms with E-state index in [0.29, 0.717) is 0 Å². The quantitative estimate of drug-likeness (QED) is 0.251. The van der Waals surface area contributed by atoms with E-state index in [1.165, 1.54) is 37.6 Å². The molecule has 4 aromatic rings. The fourth-order valence-electron chi connectivity index (χ4n) is 4.25. The number of hydrogen-bond acceptors (Lipinski definition) is 1. The van der Waals surface area contributed by atoms with Crippen LogP contribution in [0.15, 0.2) is 107 Å². The van der Waals surface area contributed by atoms with Crippen LogP contribution in [0.25, 0.3) is 0 Å². The van der Waals surface area contributed by atoms with Gasteiger partial charge in [0.25, 0.3) is 0 Å². The molecule has 1 nitrogen and oxygen atoms in total. The minimum absolute atomic E-state index is 0.0726. The highest BCUT2D eigenvalue weighted by Crippen LogP contribution is 2.41. The van der Waals surface area contributed by atoms with Crippen LogP contribution in [0.5, 0.6) is 5.75 Å². The minimum Gasteiger partial charge on any atom is -0.497 e. The summed E-state index contributed by atoms with van der Waals surface area (Å²) < 4.78 is 5.31. The molecule has 0 spiro atoms. The van der Waals surface area contributed by atoms with E-state index in [0.717, 1.165) is 12.2 Å².